The van der Waals surface area contributed by atoms with Crippen LogP contribution < -0.4 is 14.2 Å². The number of ether oxygens (including phenoxy) is 4. The molecule has 6 heteroatoms. The fourth-order valence-corrected chi connectivity index (χ4v) is 4.42. The average molecular weight is 441 g/mol. The van der Waals surface area contributed by atoms with Gasteiger partial charge in [0.25, 0.3) is 0 Å². The minimum Gasteiger partial charge on any atom is -0.493 e. The number of carbonyl (C=O) groups is 1. The summed E-state index contributed by atoms with van der Waals surface area (Å²) in [4.78, 5) is 11.5. The van der Waals surface area contributed by atoms with Gasteiger partial charge < -0.3 is 24.1 Å². The van der Waals surface area contributed by atoms with Crippen LogP contribution >= 0.6 is 0 Å². The number of carboxylic acids is 1. The predicted molar refractivity (Wildman–Crippen MR) is 123 cm³/mol. The highest BCUT2D eigenvalue weighted by Gasteiger charge is 2.39. The van der Waals surface area contributed by atoms with Gasteiger partial charge in [0.1, 0.15) is 0 Å². The van der Waals surface area contributed by atoms with Gasteiger partial charge in [0.15, 0.2) is 11.5 Å². The third kappa shape index (κ3) is 5.07. The van der Waals surface area contributed by atoms with E-state index in [1.165, 1.54) is 5.56 Å². The molecule has 1 saturated heterocycles. The van der Waals surface area contributed by atoms with Crippen LogP contribution in [0.15, 0.2) is 53.6 Å². The lowest BCUT2D eigenvalue weighted by molar-refractivity contribution is -0.132. The Morgan fingerprint density at radius 1 is 1.03 bits per heavy atom. The lowest BCUT2D eigenvalue weighted by atomic mass is 9.79. The van der Waals surface area contributed by atoms with E-state index in [1.807, 2.05) is 37.3 Å². The second-order valence-corrected chi connectivity index (χ2v) is 8.24. The number of aliphatic carboxylic acids is 1. The fourth-order valence-electron chi connectivity index (χ4n) is 4.42. The molecular weight excluding hydrogens is 408 g/mol. The van der Waals surface area contributed by atoms with Crippen molar-refractivity contribution in [2.75, 3.05) is 27.9 Å². The van der Waals surface area contributed by atoms with Crippen molar-refractivity contribution in [1.29, 1.82) is 0 Å². The van der Waals surface area contributed by atoms with Gasteiger partial charge in [-0.2, -0.15) is 0 Å². The monoisotopic (exact) mass is 440 g/mol. The van der Waals surface area contributed by atoms with E-state index in [2.05, 4.69) is 12.1 Å². The van der Waals surface area contributed by atoms with Crippen molar-refractivity contribution in [3.8, 4) is 17.2 Å². The molecule has 1 heterocycles. The molecule has 0 bridgehead atoms. The number of hydrogen-bond donors (Lipinski definition) is 1. The van der Waals surface area contributed by atoms with Crippen molar-refractivity contribution < 1.29 is 28.8 Å². The van der Waals surface area contributed by atoms with Crippen molar-refractivity contribution in [3.05, 3.63) is 64.7 Å². The number of benzene rings is 2. The zero-order chi connectivity index (χ0) is 23.3. The number of hydrogen-bond acceptors (Lipinski definition) is 5. The van der Waals surface area contributed by atoms with Crippen molar-refractivity contribution in [1.82, 2.24) is 0 Å². The summed E-state index contributed by atoms with van der Waals surface area (Å²) in [5, 5.41) is 9.47. The molecule has 0 aromatic heterocycles. The Labute approximate surface area is 189 Å². The van der Waals surface area contributed by atoms with E-state index in [0.29, 0.717) is 35.8 Å². The first-order valence-corrected chi connectivity index (χ1v) is 10.7. The van der Waals surface area contributed by atoms with Gasteiger partial charge >= 0.3 is 5.97 Å². The standard InChI is InChI=1S/C26H32O6/c1-16(17(2)26(27)28)11-21-20(12-18-9-7-6-8-10-18)15-32-24(21)19-13-22(29-3)25(31-5)23(14-19)30-4/h6-10,13-14,20-21,24H,11-12,15H2,1-5H3,(H,27,28)/t20-,21+,24+/m0/s1. The van der Waals surface area contributed by atoms with Crippen LogP contribution in [0, 0.1) is 11.8 Å². The van der Waals surface area contributed by atoms with Gasteiger partial charge in [0, 0.05) is 5.57 Å². The Hall–Kier alpha value is -2.99. The zero-order valence-corrected chi connectivity index (χ0v) is 19.4. The Balaban J connectivity index is 2.00. The molecule has 2 aromatic carbocycles. The van der Waals surface area contributed by atoms with Gasteiger partial charge in [0.2, 0.25) is 5.75 Å². The van der Waals surface area contributed by atoms with Crippen molar-refractivity contribution in [2.24, 2.45) is 11.8 Å². The molecule has 0 amide bonds. The topological polar surface area (TPSA) is 74.2 Å². The Morgan fingerprint density at radius 3 is 2.19 bits per heavy atom. The number of carboxylic acid groups (broad SMARTS) is 1. The quantitative estimate of drug-likeness (QED) is 0.549. The van der Waals surface area contributed by atoms with E-state index in [1.54, 1.807) is 28.3 Å². The van der Waals surface area contributed by atoms with Crippen LogP contribution in [0.2, 0.25) is 0 Å². The highest BCUT2D eigenvalue weighted by molar-refractivity contribution is 5.86. The summed E-state index contributed by atoms with van der Waals surface area (Å²) in [7, 11) is 4.76. The van der Waals surface area contributed by atoms with Gasteiger partial charge in [-0.15, -0.1) is 0 Å². The zero-order valence-electron chi connectivity index (χ0n) is 19.4. The lowest BCUT2D eigenvalue weighted by Crippen LogP contribution is -2.19. The molecule has 1 N–H and O–H groups in total. The van der Waals surface area contributed by atoms with Crippen LogP contribution in [-0.4, -0.2) is 39.0 Å². The molecule has 0 spiro atoms. The third-order valence-corrected chi connectivity index (χ3v) is 6.34. The summed E-state index contributed by atoms with van der Waals surface area (Å²) in [6.45, 7) is 4.15. The van der Waals surface area contributed by atoms with Crippen molar-refractivity contribution in [3.63, 3.8) is 0 Å². The molecule has 0 saturated carbocycles. The highest BCUT2D eigenvalue weighted by Crippen LogP contribution is 2.47. The molecule has 1 aliphatic heterocycles. The van der Waals surface area contributed by atoms with Gasteiger partial charge in [-0.3, -0.25) is 0 Å². The largest absolute Gasteiger partial charge is 0.493 e. The minimum absolute atomic E-state index is 0.104. The third-order valence-electron chi connectivity index (χ3n) is 6.34. The molecule has 0 aliphatic carbocycles. The summed E-state index contributed by atoms with van der Waals surface area (Å²) in [6.07, 6.45) is 1.29. The second-order valence-electron chi connectivity index (χ2n) is 8.24. The molecule has 172 valence electrons. The fraction of sp³-hybridized carbons (Fsp3) is 0.423. The lowest BCUT2D eigenvalue weighted by Gasteiger charge is -2.25. The molecule has 1 aliphatic rings. The summed E-state index contributed by atoms with van der Waals surface area (Å²) >= 11 is 0. The van der Waals surface area contributed by atoms with E-state index >= 15 is 0 Å². The number of methoxy groups -OCH3 is 3. The molecule has 0 unspecified atom stereocenters. The maximum Gasteiger partial charge on any atom is 0.331 e. The summed E-state index contributed by atoms with van der Waals surface area (Å²) < 4.78 is 22.9. The van der Waals surface area contributed by atoms with E-state index < -0.39 is 5.97 Å². The summed E-state index contributed by atoms with van der Waals surface area (Å²) in [6, 6.07) is 14.2. The van der Waals surface area contributed by atoms with Crippen LogP contribution in [0.25, 0.3) is 0 Å². The van der Waals surface area contributed by atoms with Gasteiger partial charge in [-0.05, 0) is 61.8 Å². The molecule has 6 nitrogen and oxygen atoms in total. The van der Waals surface area contributed by atoms with Gasteiger partial charge in [-0.25, -0.2) is 4.79 Å². The van der Waals surface area contributed by atoms with Crippen LogP contribution in [-0.2, 0) is 16.0 Å². The second kappa shape index (κ2) is 10.6. The maximum absolute atomic E-state index is 11.5. The number of allylic oxidation sites excluding steroid dienone is 1. The van der Waals surface area contributed by atoms with E-state index in [9.17, 15) is 9.90 Å². The van der Waals surface area contributed by atoms with Crippen LogP contribution in [0.4, 0.5) is 0 Å². The first-order chi connectivity index (χ1) is 15.4. The Kier molecular flexibility index (Phi) is 7.80. The van der Waals surface area contributed by atoms with Crippen LogP contribution in [0.3, 0.4) is 0 Å². The molecular formula is C26H32O6. The predicted octanol–water partition coefficient (Wildman–Crippen LogP) is 5.07. The smallest absolute Gasteiger partial charge is 0.331 e. The van der Waals surface area contributed by atoms with Gasteiger partial charge in [0.05, 0.1) is 34.0 Å². The van der Waals surface area contributed by atoms with Crippen LogP contribution in [0.1, 0.15) is 37.5 Å². The Morgan fingerprint density at radius 2 is 1.66 bits per heavy atom. The van der Waals surface area contributed by atoms with Crippen molar-refractivity contribution >= 4 is 5.97 Å². The first kappa shape index (κ1) is 23.7. The molecule has 2 aromatic rings. The summed E-state index contributed by atoms with van der Waals surface area (Å²) in [5.74, 6) is 1.15. The average Bonchev–Trinajstić information content (AvgIpc) is 3.19. The molecule has 1 fully saturated rings. The number of rotatable bonds is 9. The summed E-state index contributed by atoms with van der Waals surface area (Å²) in [5.41, 5.74) is 3.43. The molecule has 3 atom stereocenters. The van der Waals surface area contributed by atoms with Crippen LogP contribution in [0.5, 0.6) is 17.2 Å². The molecule has 3 rings (SSSR count). The van der Waals surface area contributed by atoms with E-state index in [4.69, 9.17) is 18.9 Å². The Bertz CT molecular complexity index is 941. The molecule has 0 radical (unpaired) electrons. The normalized spacial score (nSPS) is 21.1. The first-order valence-electron chi connectivity index (χ1n) is 10.7. The molecule has 32 heavy (non-hydrogen) atoms. The minimum atomic E-state index is -0.884. The maximum atomic E-state index is 11.5. The van der Waals surface area contributed by atoms with Gasteiger partial charge in [-0.1, -0.05) is 35.9 Å². The van der Waals surface area contributed by atoms with Crippen molar-refractivity contribution in [2.45, 2.75) is 32.8 Å². The van der Waals surface area contributed by atoms with E-state index in [0.717, 1.165) is 17.6 Å². The SMILES string of the molecule is COc1cc([C@H]2OC[C@H](Cc3ccccc3)[C@H]2CC(C)=C(C)C(=O)O)cc(OC)c1OC. The van der Waals surface area contributed by atoms with E-state index in [-0.39, 0.29) is 17.9 Å². The highest BCUT2D eigenvalue weighted by atomic mass is 16.5.